The Hall–Kier alpha value is -8.69. The number of fused-ring (bicyclic) bond motifs is 2. The molecule has 0 aliphatic carbocycles. The second-order valence-corrected chi connectivity index (χ2v) is 29.6. The lowest BCUT2D eigenvalue weighted by Gasteiger charge is -2.40. The highest BCUT2D eigenvalue weighted by molar-refractivity contribution is 7.09. The molecule has 3 aromatic carbocycles. The molecule has 598 valence electrons. The van der Waals surface area contributed by atoms with Gasteiger partial charge in [0.1, 0.15) is 28.9 Å². The Morgan fingerprint density at radius 3 is 2.06 bits per heavy atom. The Balaban J connectivity index is 0.898. The Labute approximate surface area is 646 Å². The molecule has 1 fully saturated rings. The first-order valence-corrected chi connectivity index (χ1v) is 39.4. The fourth-order valence-electron chi connectivity index (χ4n) is 12.9. The van der Waals surface area contributed by atoms with Crippen molar-refractivity contribution in [3.8, 4) is 11.8 Å². The van der Waals surface area contributed by atoms with Crippen molar-refractivity contribution in [1.29, 1.82) is 0 Å². The third kappa shape index (κ3) is 30.6. The van der Waals surface area contributed by atoms with Crippen LogP contribution in [0.3, 0.4) is 0 Å². The van der Waals surface area contributed by atoms with Crippen LogP contribution in [0.15, 0.2) is 78.2 Å². The fraction of sp³-hybridized carbons (Fsp3) is 0.593. The van der Waals surface area contributed by atoms with Crippen molar-refractivity contribution in [2.75, 3.05) is 103 Å². The number of piperidine rings is 1. The number of para-hydroxylation sites is 1. The number of unbranched alkanes of at least 4 members (excludes halogenated alkanes) is 3. The number of carbonyl (C=O) groups excluding carboxylic acids is 8. The number of anilines is 2. The SMILES string of the molecule is CCCCCCN(C(=O)[C@@H](NC(=O)[C@H]1CCCCN1C)[C@@H](C)CC)[C@H](C[C@@H](OCC)c1nc(C(=O)N[C@@H](Cc2ccc(NC(=O)CNC(=O)[C@H](CCC(=O)O)NC(=O)CCOCCOCCOCCOCCNC(=O)CCC(=O)N3Cc4ccccc4C#Cc4ccccc43)cc2)CC(C)(C)C(=O)O)cs1)C(C)C. The van der Waals surface area contributed by atoms with E-state index in [1.165, 1.54) is 11.3 Å². The van der Waals surface area contributed by atoms with Crippen LogP contribution in [0.5, 0.6) is 0 Å². The van der Waals surface area contributed by atoms with E-state index < -0.39 is 78.2 Å². The first kappa shape index (κ1) is 89.2. The summed E-state index contributed by atoms with van der Waals surface area (Å²) in [5, 5.41) is 38.5. The minimum Gasteiger partial charge on any atom is -0.481 e. The second-order valence-electron chi connectivity index (χ2n) is 28.8. The highest BCUT2D eigenvalue weighted by Gasteiger charge is 2.39. The second kappa shape index (κ2) is 47.4. The summed E-state index contributed by atoms with van der Waals surface area (Å²) >= 11 is 1.27. The van der Waals surface area contributed by atoms with Crippen molar-refractivity contribution in [1.82, 2.24) is 41.4 Å². The first-order chi connectivity index (χ1) is 52.3. The molecule has 4 aromatic rings. The zero-order valence-corrected chi connectivity index (χ0v) is 65.9. The number of aromatic nitrogens is 1. The minimum absolute atomic E-state index is 0.0201. The van der Waals surface area contributed by atoms with E-state index in [9.17, 15) is 53.4 Å². The highest BCUT2D eigenvalue weighted by Crippen LogP contribution is 2.33. The maximum absolute atomic E-state index is 15.1. The van der Waals surface area contributed by atoms with Crippen LogP contribution in [0.1, 0.15) is 196 Å². The van der Waals surface area contributed by atoms with Gasteiger partial charge in [0.05, 0.1) is 83.1 Å². The number of carboxylic acids is 2. The molecular weight excluding hydrogens is 1420 g/mol. The van der Waals surface area contributed by atoms with Gasteiger partial charge >= 0.3 is 11.9 Å². The number of likely N-dealkylation sites (N-methyl/N-ethyl adjacent to an activating group) is 1. The van der Waals surface area contributed by atoms with E-state index in [1.54, 1.807) is 48.4 Å². The van der Waals surface area contributed by atoms with Crippen molar-refractivity contribution >= 4 is 81.9 Å². The number of amides is 8. The van der Waals surface area contributed by atoms with Gasteiger partial charge in [-0.3, -0.25) is 52.8 Å². The van der Waals surface area contributed by atoms with E-state index in [2.05, 4.69) is 69.4 Å². The van der Waals surface area contributed by atoms with E-state index in [0.29, 0.717) is 54.5 Å². The maximum atomic E-state index is 15.1. The zero-order chi connectivity index (χ0) is 79.3. The summed E-state index contributed by atoms with van der Waals surface area (Å²) in [6, 6.07) is 18.5. The average Bonchev–Trinajstić information content (AvgIpc) is 1.71. The van der Waals surface area contributed by atoms with Gasteiger partial charge in [-0.15, -0.1) is 11.3 Å². The number of rotatable bonds is 50. The van der Waals surface area contributed by atoms with E-state index in [-0.39, 0.29) is 151 Å². The van der Waals surface area contributed by atoms with Crippen LogP contribution >= 0.6 is 11.3 Å². The number of nitrogens with one attached hydrogen (secondary N) is 6. The molecule has 0 radical (unpaired) electrons. The molecule has 0 unspecified atom stereocenters. The van der Waals surface area contributed by atoms with Crippen LogP contribution in [0.25, 0.3) is 0 Å². The number of carbonyl (C=O) groups is 10. The van der Waals surface area contributed by atoms with Gasteiger partial charge in [0.2, 0.25) is 41.4 Å². The first-order valence-electron chi connectivity index (χ1n) is 38.5. The number of hydrogen-bond acceptors (Lipinski definition) is 18. The number of thiazole rings is 1. The molecule has 0 bridgehead atoms. The number of aliphatic carboxylic acids is 2. The van der Waals surface area contributed by atoms with Gasteiger partial charge in [-0.2, -0.15) is 0 Å². The summed E-state index contributed by atoms with van der Waals surface area (Å²) < 4.78 is 28.6. The Morgan fingerprint density at radius 1 is 0.725 bits per heavy atom. The number of benzene rings is 3. The lowest BCUT2D eigenvalue weighted by Crippen LogP contribution is -2.59. The highest BCUT2D eigenvalue weighted by atomic mass is 32.1. The summed E-state index contributed by atoms with van der Waals surface area (Å²) in [5.41, 5.74) is 3.16. The molecular formula is C81H116N10O17S. The lowest BCUT2D eigenvalue weighted by atomic mass is 9.84. The Bertz CT molecular complexity index is 3650. The van der Waals surface area contributed by atoms with E-state index in [4.69, 9.17) is 28.7 Å². The van der Waals surface area contributed by atoms with Crippen LogP contribution < -0.4 is 36.8 Å². The van der Waals surface area contributed by atoms with Gasteiger partial charge in [0.15, 0.2) is 0 Å². The molecule has 1 aromatic heterocycles. The summed E-state index contributed by atoms with van der Waals surface area (Å²) in [7, 11) is 1.96. The summed E-state index contributed by atoms with van der Waals surface area (Å²) in [4.78, 5) is 143. The smallest absolute Gasteiger partial charge is 0.309 e. The standard InChI is InChI=1S/C81H116N10O17S/c1-10-13-14-20-40-90(79(101)74(56(6)11-2)88-77(100)66-26-19-21-39-89(66)9)67(55(4)5)50-68(108-12-3)78-87-64(54-109-78)76(99)85-62(51-81(7,8)80(102)103)49-57-27-31-61(32-28-57)84-71(94)52-83-75(98)63(33-36-73(96)97)86-70(93)37-41-104-43-45-106-47-48-107-46-44-105-42-38-82-69(92)34-35-72(95)91-53-60-24-16-15-22-58(60)29-30-59-23-17-18-25-65(59)91/h15-18,22-25,27-28,31-32,54-56,62-63,66-68,74H,10-14,19-21,26,33-53H2,1-9H3,(H,82,92)(H,83,98)(H,84,94)(H,85,99)(H,86,93)(H,88,100)(H,96,97)(H,102,103)/t56-,62-,63-,66+,67+,68+,74-/m0/s1. The lowest BCUT2D eigenvalue weighted by molar-refractivity contribution is -0.147. The van der Waals surface area contributed by atoms with Gasteiger partial charge in [0.25, 0.3) is 5.91 Å². The monoisotopic (exact) mass is 1530 g/mol. The van der Waals surface area contributed by atoms with E-state index >= 15 is 4.79 Å². The van der Waals surface area contributed by atoms with Crippen LogP contribution in [-0.2, 0) is 79.8 Å². The third-order valence-corrected chi connectivity index (χ3v) is 20.4. The van der Waals surface area contributed by atoms with E-state index in [1.807, 2.05) is 81.2 Å². The van der Waals surface area contributed by atoms with Gasteiger partial charge in [-0.1, -0.05) is 121 Å². The van der Waals surface area contributed by atoms with Gasteiger partial charge in [0, 0.05) is 86.1 Å². The largest absolute Gasteiger partial charge is 0.481 e. The van der Waals surface area contributed by atoms with Crippen molar-refractivity contribution < 1.29 is 81.8 Å². The molecule has 8 amide bonds. The molecule has 2 aliphatic rings. The molecule has 27 nitrogen and oxygen atoms in total. The predicted molar refractivity (Wildman–Crippen MR) is 415 cm³/mol. The maximum Gasteiger partial charge on any atom is 0.309 e. The Morgan fingerprint density at radius 2 is 1.39 bits per heavy atom. The average molecular weight is 1530 g/mol. The molecule has 8 N–H and O–H groups in total. The summed E-state index contributed by atoms with van der Waals surface area (Å²) in [6.45, 7) is 18.8. The van der Waals surface area contributed by atoms with Crippen LogP contribution in [0.2, 0.25) is 0 Å². The van der Waals surface area contributed by atoms with Crippen LogP contribution in [-0.4, -0.2) is 207 Å². The summed E-state index contributed by atoms with van der Waals surface area (Å²) in [6.07, 6.45) is 6.41. The van der Waals surface area contributed by atoms with Gasteiger partial charge in [-0.05, 0) is 126 Å². The normalized spacial score (nSPS) is 15.2. The van der Waals surface area contributed by atoms with Crippen molar-refractivity contribution in [3.05, 3.63) is 111 Å². The molecule has 1 saturated heterocycles. The molecule has 2 aliphatic heterocycles. The van der Waals surface area contributed by atoms with Gasteiger partial charge in [-0.25, -0.2) is 4.98 Å². The van der Waals surface area contributed by atoms with Crippen LogP contribution in [0.4, 0.5) is 11.4 Å². The predicted octanol–water partition coefficient (Wildman–Crippen LogP) is 8.61. The minimum atomic E-state index is -1.27. The van der Waals surface area contributed by atoms with Crippen molar-refractivity contribution in [2.24, 2.45) is 17.3 Å². The van der Waals surface area contributed by atoms with Crippen LogP contribution in [0, 0.1) is 29.1 Å². The molecule has 6 rings (SSSR count). The molecule has 0 saturated carbocycles. The molecule has 0 spiro atoms. The fourth-order valence-corrected chi connectivity index (χ4v) is 13.8. The van der Waals surface area contributed by atoms with Crippen molar-refractivity contribution in [3.63, 3.8) is 0 Å². The topological polar surface area (TPSA) is 352 Å². The van der Waals surface area contributed by atoms with Gasteiger partial charge < -0.3 is 75.6 Å². The molecule has 3 heterocycles. The molecule has 28 heteroatoms. The quantitative estimate of drug-likeness (QED) is 0.0151. The number of likely N-dealkylation sites (tertiary alicyclic amines) is 1. The van der Waals surface area contributed by atoms with E-state index in [0.717, 1.165) is 68.2 Å². The zero-order valence-electron chi connectivity index (χ0n) is 65.1. The molecule has 109 heavy (non-hydrogen) atoms. The summed E-state index contributed by atoms with van der Waals surface area (Å²) in [5.74, 6) is 0.793. The number of carboxylic acid groups (broad SMARTS) is 2. The van der Waals surface area contributed by atoms with Crippen molar-refractivity contribution in [2.45, 2.75) is 201 Å². The molecule has 7 atom stereocenters. The Kier molecular flexibility index (Phi) is 38.8. The third-order valence-electron chi connectivity index (χ3n) is 19.4. The number of ether oxygens (including phenoxy) is 5. The number of hydrogen-bond donors (Lipinski definition) is 8. The number of nitrogens with zero attached hydrogens (tertiary/aromatic N) is 4.